The predicted molar refractivity (Wildman–Crippen MR) is 80.9 cm³/mol. The van der Waals surface area contributed by atoms with E-state index in [0.717, 1.165) is 17.5 Å². The predicted octanol–water partition coefficient (Wildman–Crippen LogP) is 2.56. The monoisotopic (exact) mass is 318 g/mol. The van der Waals surface area contributed by atoms with Crippen LogP contribution in [-0.4, -0.2) is 13.3 Å². The highest BCUT2D eigenvalue weighted by molar-refractivity contribution is 7.89. The van der Waals surface area contributed by atoms with E-state index in [2.05, 4.69) is 4.72 Å². The van der Waals surface area contributed by atoms with Gasteiger partial charge in [-0.2, -0.15) is 0 Å². The number of fused-ring (bicyclic) bond motifs is 1. The summed E-state index contributed by atoms with van der Waals surface area (Å²) in [6.07, 6.45) is 1.55. The van der Waals surface area contributed by atoms with Crippen molar-refractivity contribution in [3.05, 3.63) is 69.8 Å². The summed E-state index contributed by atoms with van der Waals surface area (Å²) in [6.45, 7) is 0. The molecule has 0 saturated heterocycles. The molecule has 0 amide bonds. The van der Waals surface area contributed by atoms with Crippen LogP contribution < -0.4 is 4.72 Å². The molecule has 7 heteroatoms. The van der Waals surface area contributed by atoms with E-state index in [1.54, 1.807) is 0 Å². The van der Waals surface area contributed by atoms with Crippen molar-refractivity contribution >= 4 is 15.7 Å². The summed E-state index contributed by atoms with van der Waals surface area (Å²) < 4.78 is 27.5. The molecule has 1 N–H and O–H groups in total. The van der Waals surface area contributed by atoms with Gasteiger partial charge < -0.3 is 0 Å². The van der Waals surface area contributed by atoms with Gasteiger partial charge in [-0.3, -0.25) is 10.1 Å². The zero-order chi connectivity index (χ0) is 15.7. The molecule has 6 nitrogen and oxygen atoms in total. The number of nitro groups is 1. The van der Waals surface area contributed by atoms with Gasteiger partial charge in [-0.25, -0.2) is 13.1 Å². The highest BCUT2D eigenvalue weighted by Gasteiger charge is 2.27. The molecule has 0 bridgehead atoms. The third-order valence-electron chi connectivity index (χ3n) is 3.79. The molecule has 1 unspecified atom stereocenters. The van der Waals surface area contributed by atoms with E-state index < -0.39 is 14.9 Å². The number of non-ortho nitro benzene ring substituents is 1. The number of aryl methyl sites for hydroxylation is 1. The number of nitro benzene ring substituents is 1. The molecule has 0 aliphatic heterocycles. The van der Waals surface area contributed by atoms with Crippen molar-refractivity contribution in [2.75, 3.05) is 0 Å². The lowest BCUT2D eigenvalue weighted by Crippen LogP contribution is -2.27. The Kier molecular flexibility index (Phi) is 3.67. The fraction of sp³-hybridized carbons (Fsp3) is 0.200. The fourth-order valence-electron chi connectivity index (χ4n) is 2.68. The van der Waals surface area contributed by atoms with Crippen LogP contribution in [0.1, 0.15) is 23.6 Å². The molecular weight excluding hydrogens is 304 g/mol. The van der Waals surface area contributed by atoms with Crippen LogP contribution in [0.5, 0.6) is 0 Å². The van der Waals surface area contributed by atoms with Gasteiger partial charge in [0.2, 0.25) is 10.0 Å². The van der Waals surface area contributed by atoms with Gasteiger partial charge in [0.25, 0.3) is 5.69 Å². The standard InChI is InChI=1S/C15H14N2O4S/c18-17(19)12-6-8-13(9-7-12)22(20,21)16-15-10-5-11-3-1-2-4-14(11)15/h1-4,6-9,15-16H,5,10H2. The van der Waals surface area contributed by atoms with E-state index in [1.165, 1.54) is 24.3 Å². The van der Waals surface area contributed by atoms with Gasteiger partial charge in [-0.1, -0.05) is 24.3 Å². The number of benzene rings is 2. The molecule has 0 heterocycles. The molecule has 114 valence electrons. The van der Waals surface area contributed by atoms with Crippen molar-refractivity contribution in [3.63, 3.8) is 0 Å². The average molecular weight is 318 g/mol. The SMILES string of the molecule is O=[N+]([O-])c1ccc(S(=O)(=O)NC2CCc3ccccc32)cc1. The Morgan fingerprint density at radius 1 is 1.09 bits per heavy atom. The first-order valence-electron chi connectivity index (χ1n) is 6.82. The van der Waals surface area contributed by atoms with Gasteiger partial charge in [-0.15, -0.1) is 0 Å². The van der Waals surface area contributed by atoms with Crippen molar-refractivity contribution in [2.45, 2.75) is 23.8 Å². The topological polar surface area (TPSA) is 89.3 Å². The molecule has 2 aromatic carbocycles. The van der Waals surface area contributed by atoms with Crippen LogP contribution in [0, 0.1) is 10.1 Å². The molecule has 0 saturated carbocycles. The second kappa shape index (κ2) is 5.51. The smallest absolute Gasteiger partial charge is 0.258 e. The van der Waals surface area contributed by atoms with E-state index in [0.29, 0.717) is 6.42 Å². The maximum atomic E-state index is 12.4. The summed E-state index contributed by atoms with van der Waals surface area (Å²) in [5.74, 6) is 0. The molecule has 1 aliphatic carbocycles. The number of hydrogen-bond donors (Lipinski definition) is 1. The number of sulfonamides is 1. The lowest BCUT2D eigenvalue weighted by atomic mass is 10.1. The van der Waals surface area contributed by atoms with Crippen molar-refractivity contribution in [2.24, 2.45) is 0 Å². The van der Waals surface area contributed by atoms with E-state index in [1.807, 2.05) is 24.3 Å². The lowest BCUT2D eigenvalue weighted by molar-refractivity contribution is -0.384. The molecule has 1 atom stereocenters. The maximum absolute atomic E-state index is 12.4. The van der Waals surface area contributed by atoms with Crippen LogP contribution in [-0.2, 0) is 16.4 Å². The normalized spacial score (nSPS) is 17.2. The number of nitrogens with one attached hydrogen (secondary N) is 1. The summed E-state index contributed by atoms with van der Waals surface area (Å²) in [7, 11) is -3.70. The minimum atomic E-state index is -3.70. The van der Waals surface area contributed by atoms with Crippen molar-refractivity contribution in [1.29, 1.82) is 0 Å². The Hall–Kier alpha value is -2.25. The van der Waals surface area contributed by atoms with Crippen molar-refractivity contribution in [1.82, 2.24) is 4.72 Å². The zero-order valence-corrected chi connectivity index (χ0v) is 12.4. The Labute approximate surface area is 128 Å². The largest absolute Gasteiger partial charge is 0.269 e. The molecule has 0 fully saturated rings. The van der Waals surface area contributed by atoms with Crippen LogP contribution in [0.2, 0.25) is 0 Å². The molecule has 2 aromatic rings. The Morgan fingerprint density at radius 3 is 2.45 bits per heavy atom. The van der Waals surface area contributed by atoms with Crippen LogP contribution in [0.4, 0.5) is 5.69 Å². The molecule has 1 aliphatic rings. The summed E-state index contributed by atoms with van der Waals surface area (Å²) in [5.41, 5.74) is 2.01. The summed E-state index contributed by atoms with van der Waals surface area (Å²) in [4.78, 5) is 10.1. The van der Waals surface area contributed by atoms with Gasteiger partial charge >= 0.3 is 0 Å². The van der Waals surface area contributed by atoms with E-state index in [-0.39, 0.29) is 16.6 Å². The molecule has 0 radical (unpaired) electrons. The van der Waals surface area contributed by atoms with Crippen LogP contribution >= 0.6 is 0 Å². The van der Waals surface area contributed by atoms with E-state index in [4.69, 9.17) is 0 Å². The van der Waals surface area contributed by atoms with Gasteiger partial charge in [0.15, 0.2) is 0 Å². The zero-order valence-electron chi connectivity index (χ0n) is 11.6. The molecular formula is C15H14N2O4S. The average Bonchev–Trinajstić information content (AvgIpc) is 2.90. The quantitative estimate of drug-likeness (QED) is 0.693. The Morgan fingerprint density at radius 2 is 1.77 bits per heavy atom. The van der Waals surface area contributed by atoms with Crippen LogP contribution in [0.15, 0.2) is 53.4 Å². The molecule has 3 rings (SSSR count). The third-order valence-corrected chi connectivity index (χ3v) is 5.28. The van der Waals surface area contributed by atoms with Gasteiger partial charge in [0.1, 0.15) is 0 Å². The minimum absolute atomic E-state index is 0.0301. The summed E-state index contributed by atoms with van der Waals surface area (Å²) >= 11 is 0. The van der Waals surface area contributed by atoms with Crippen molar-refractivity contribution in [3.8, 4) is 0 Å². The van der Waals surface area contributed by atoms with Crippen LogP contribution in [0.25, 0.3) is 0 Å². The highest BCUT2D eigenvalue weighted by Crippen LogP contribution is 2.32. The highest BCUT2D eigenvalue weighted by atomic mass is 32.2. The third kappa shape index (κ3) is 2.72. The first-order valence-corrected chi connectivity index (χ1v) is 8.30. The summed E-state index contributed by atoms with van der Waals surface area (Å²) in [6, 6.07) is 12.4. The number of rotatable bonds is 4. The lowest BCUT2D eigenvalue weighted by Gasteiger charge is -2.14. The first kappa shape index (κ1) is 14.7. The molecule has 0 spiro atoms. The second-order valence-electron chi connectivity index (χ2n) is 5.16. The molecule has 0 aromatic heterocycles. The number of nitrogens with zero attached hydrogens (tertiary/aromatic N) is 1. The minimum Gasteiger partial charge on any atom is -0.258 e. The van der Waals surface area contributed by atoms with E-state index in [9.17, 15) is 18.5 Å². The van der Waals surface area contributed by atoms with Gasteiger partial charge in [0, 0.05) is 18.2 Å². The van der Waals surface area contributed by atoms with E-state index >= 15 is 0 Å². The Bertz CT molecular complexity index is 816. The van der Waals surface area contributed by atoms with Gasteiger partial charge in [-0.05, 0) is 36.1 Å². The Balaban J connectivity index is 1.84. The molecule has 22 heavy (non-hydrogen) atoms. The first-order chi connectivity index (χ1) is 10.5. The van der Waals surface area contributed by atoms with Gasteiger partial charge in [0.05, 0.1) is 9.82 Å². The maximum Gasteiger partial charge on any atom is 0.269 e. The second-order valence-corrected chi connectivity index (χ2v) is 6.88. The summed E-state index contributed by atoms with van der Waals surface area (Å²) in [5, 5.41) is 10.6. The fourth-order valence-corrected chi connectivity index (χ4v) is 3.93. The number of hydrogen-bond acceptors (Lipinski definition) is 4. The van der Waals surface area contributed by atoms with Crippen LogP contribution in [0.3, 0.4) is 0 Å². The van der Waals surface area contributed by atoms with Crippen molar-refractivity contribution < 1.29 is 13.3 Å².